The molecule has 38 heavy (non-hydrogen) atoms. The molecule has 0 unspecified atom stereocenters. The summed E-state index contributed by atoms with van der Waals surface area (Å²) in [6.07, 6.45) is 6.26. The van der Waals surface area contributed by atoms with E-state index in [1.165, 1.54) is 18.5 Å². The van der Waals surface area contributed by atoms with E-state index in [4.69, 9.17) is 5.26 Å². The van der Waals surface area contributed by atoms with Gasteiger partial charge in [0.2, 0.25) is 0 Å². The Morgan fingerprint density at radius 1 is 0.816 bits per heavy atom. The number of pyridine rings is 2. The minimum absolute atomic E-state index is 0.307. The van der Waals surface area contributed by atoms with Crippen molar-refractivity contribution in [1.82, 2.24) is 29.5 Å². The average molecular weight is 539 g/mol. The second-order valence-electron chi connectivity index (χ2n) is 7.30. The van der Waals surface area contributed by atoms with E-state index in [2.05, 4.69) is 30.4 Å². The van der Waals surface area contributed by atoms with Gasteiger partial charge < -0.3 is 4.18 Å². The number of rotatable bonds is 5. The standard InChI is InChI=1S/C15H10N4.C9H6F3N3O3S/c16-11-12-4-3-5-13(10-12)14-7-9-19(18-14)15-6-1-2-8-17-15;10-9(11,12)19(16,17)18-8-4-6-15(14-8)7-3-1-2-5-13-7/h1-10H;1-6H. The van der Waals surface area contributed by atoms with Crippen LogP contribution in [-0.4, -0.2) is 43.5 Å². The summed E-state index contributed by atoms with van der Waals surface area (Å²) in [5.41, 5.74) is -3.12. The van der Waals surface area contributed by atoms with Gasteiger partial charge in [-0.3, -0.25) is 0 Å². The van der Waals surface area contributed by atoms with Crippen LogP contribution >= 0.6 is 0 Å². The largest absolute Gasteiger partial charge is 0.534 e. The van der Waals surface area contributed by atoms with Crippen molar-refractivity contribution in [3.8, 4) is 34.8 Å². The average Bonchev–Trinajstić information content (AvgIpc) is 3.60. The fourth-order valence-corrected chi connectivity index (χ4v) is 3.38. The fourth-order valence-electron chi connectivity index (χ4n) is 2.97. The van der Waals surface area contributed by atoms with Gasteiger partial charge in [0.25, 0.3) is 5.88 Å². The molecule has 0 aliphatic heterocycles. The first kappa shape index (κ1) is 26.0. The highest BCUT2D eigenvalue weighted by Gasteiger charge is 2.49. The van der Waals surface area contributed by atoms with Crippen molar-refractivity contribution in [2.24, 2.45) is 0 Å². The van der Waals surface area contributed by atoms with Gasteiger partial charge in [0.05, 0.1) is 17.3 Å². The van der Waals surface area contributed by atoms with Crippen molar-refractivity contribution in [3.63, 3.8) is 0 Å². The molecule has 0 fully saturated rings. The minimum atomic E-state index is -5.72. The first-order chi connectivity index (χ1) is 18.2. The molecule has 0 saturated carbocycles. The number of hydrogen-bond donors (Lipinski definition) is 0. The van der Waals surface area contributed by atoms with Gasteiger partial charge in [-0.1, -0.05) is 24.3 Å². The second kappa shape index (κ2) is 10.9. The summed E-state index contributed by atoms with van der Waals surface area (Å²) in [6.45, 7) is 0. The number of halogens is 3. The van der Waals surface area contributed by atoms with Crippen molar-refractivity contribution in [2.45, 2.75) is 5.51 Å². The summed E-state index contributed by atoms with van der Waals surface area (Å²) in [4.78, 5) is 8.12. The Labute approximate surface area is 214 Å². The third-order valence-electron chi connectivity index (χ3n) is 4.69. The smallest absolute Gasteiger partial charge is 0.354 e. The Kier molecular flexibility index (Phi) is 7.49. The summed E-state index contributed by atoms with van der Waals surface area (Å²) in [5.74, 6) is 0.384. The van der Waals surface area contributed by atoms with Crippen LogP contribution < -0.4 is 4.18 Å². The summed E-state index contributed by atoms with van der Waals surface area (Å²) in [6, 6.07) is 22.9. The van der Waals surface area contributed by atoms with E-state index in [9.17, 15) is 21.6 Å². The van der Waals surface area contributed by atoms with Gasteiger partial charge in [-0.2, -0.15) is 31.9 Å². The molecule has 0 aliphatic rings. The molecule has 4 heterocycles. The molecule has 14 heteroatoms. The van der Waals surface area contributed by atoms with Gasteiger partial charge in [0.15, 0.2) is 11.6 Å². The highest BCUT2D eigenvalue weighted by molar-refractivity contribution is 7.87. The van der Waals surface area contributed by atoms with Gasteiger partial charge in [-0.05, 0) is 42.5 Å². The zero-order valence-corrected chi connectivity index (χ0v) is 20.0. The van der Waals surface area contributed by atoms with Gasteiger partial charge in [0, 0.05) is 36.4 Å². The van der Waals surface area contributed by atoms with Crippen LogP contribution in [0.15, 0.2) is 97.6 Å². The molecule has 192 valence electrons. The third kappa shape index (κ3) is 6.20. The Morgan fingerprint density at radius 2 is 1.45 bits per heavy atom. The van der Waals surface area contributed by atoms with Gasteiger partial charge in [0.1, 0.15) is 0 Å². The van der Waals surface area contributed by atoms with Gasteiger partial charge in [-0.15, -0.1) is 5.10 Å². The Bertz CT molecular complexity index is 1660. The van der Waals surface area contributed by atoms with Crippen LogP contribution in [0.5, 0.6) is 5.88 Å². The van der Waals surface area contributed by atoms with Crippen molar-refractivity contribution >= 4 is 10.1 Å². The molecule has 10 nitrogen and oxygen atoms in total. The van der Waals surface area contributed by atoms with Crippen LogP contribution in [-0.2, 0) is 10.1 Å². The van der Waals surface area contributed by atoms with Gasteiger partial charge >= 0.3 is 15.6 Å². The topological polar surface area (TPSA) is 129 Å². The lowest BCUT2D eigenvalue weighted by Gasteiger charge is -2.06. The Hall–Kier alpha value is -5.03. The number of alkyl halides is 3. The molecule has 0 radical (unpaired) electrons. The third-order valence-corrected chi connectivity index (χ3v) is 5.64. The summed E-state index contributed by atoms with van der Waals surface area (Å²) >= 11 is 0. The number of aromatic nitrogens is 6. The van der Waals surface area contributed by atoms with Crippen LogP contribution in [0.4, 0.5) is 13.2 Å². The zero-order chi connectivity index (χ0) is 27.2. The molecule has 0 saturated heterocycles. The van der Waals surface area contributed by atoms with Crippen molar-refractivity contribution in [1.29, 1.82) is 5.26 Å². The normalized spacial score (nSPS) is 11.2. The maximum Gasteiger partial charge on any atom is 0.534 e. The quantitative estimate of drug-likeness (QED) is 0.239. The summed E-state index contributed by atoms with van der Waals surface area (Å²) in [5, 5.41) is 16.9. The lowest BCUT2D eigenvalue weighted by Crippen LogP contribution is -2.28. The Morgan fingerprint density at radius 3 is 2.03 bits per heavy atom. The molecule has 1 aromatic carbocycles. The lowest BCUT2D eigenvalue weighted by atomic mass is 10.1. The van der Waals surface area contributed by atoms with Crippen LogP contribution in [0.1, 0.15) is 5.56 Å². The summed E-state index contributed by atoms with van der Waals surface area (Å²) in [7, 11) is -5.72. The predicted molar refractivity (Wildman–Crippen MR) is 128 cm³/mol. The zero-order valence-electron chi connectivity index (χ0n) is 19.1. The molecule has 0 amide bonds. The molecule has 4 aromatic heterocycles. The van der Waals surface area contributed by atoms with E-state index in [1.807, 2.05) is 48.7 Å². The lowest BCUT2D eigenvalue weighted by molar-refractivity contribution is -0.0501. The van der Waals surface area contributed by atoms with E-state index in [-0.39, 0.29) is 0 Å². The maximum absolute atomic E-state index is 12.1. The molecule has 5 aromatic rings. The van der Waals surface area contributed by atoms with Crippen molar-refractivity contribution in [2.75, 3.05) is 0 Å². The van der Waals surface area contributed by atoms with Gasteiger partial charge in [-0.25, -0.2) is 19.3 Å². The molecule has 0 aliphatic carbocycles. The van der Waals surface area contributed by atoms with E-state index in [0.717, 1.165) is 27.8 Å². The van der Waals surface area contributed by atoms with E-state index >= 15 is 0 Å². The van der Waals surface area contributed by atoms with Crippen molar-refractivity contribution < 1.29 is 25.8 Å². The Balaban J connectivity index is 0.000000177. The molecule has 0 spiro atoms. The molecule has 0 N–H and O–H groups in total. The van der Waals surface area contributed by atoms with E-state index in [0.29, 0.717) is 11.4 Å². The first-order valence-electron chi connectivity index (χ1n) is 10.6. The number of benzene rings is 1. The predicted octanol–water partition coefficient (Wildman–Crippen LogP) is 4.30. The van der Waals surface area contributed by atoms with Crippen LogP contribution in [0.3, 0.4) is 0 Å². The van der Waals surface area contributed by atoms with E-state index in [1.54, 1.807) is 29.1 Å². The van der Waals surface area contributed by atoms with Crippen LogP contribution in [0.2, 0.25) is 0 Å². The monoisotopic (exact) mass is 539 g/mol. The molecular formula is C24H16F3N7O3S. The fraction of sp³-hybridized carbons (Fsp3) is 0.0417. The van der Waals surface area contributed by atoms with Crippen LogP contribution in [0.25, 0.3) is 22.9 Å². The number of hydrogen-bond acceptors (Lipinski definition) is 8. The molecular weight excluding hydrogens is 523 g/mol. The minimum Gasteiger partial charge on any atom is -0.354 e. The molecule has 5 rings (SSSR count). The summed E-state index contributed by atoms with van der Waals surface area (Å²) < 4.78 is 64.4. The number of nitriles is 1. The molecule has 0 bridgehead atoms. The van der Waals surface area contributed by atoms with E-state index < -0.39 is 21.5 Å². The second-order valence-corrected chi connectivity index (χ2v) is 8.83. The molecule has 0 atom stereocenters. The number of nitrogens with zero attached hydrogens (tertiary/aromatic N) is 7. The SMILES string of the molecule is N#Cc1cccc(-c2ccn(-c3ccccn3)n2)c1.O=S(=O)(Oc1ccn(-c2ccccn2)n1)C(F)(F)F. The van der Waals surface area contributed by atoms with Crippen molar-refractivity contribution in [3.05, 3.63) is 103 Å². The highest BCUT2D eigenvalue weighted by Crippen LogP contribution is 2.26. The first-order valence-corrected chi connectivity index (χ1v) is 12.0. The highest BCUT2D eigenvalue weighted by atomic mass is 32.2. The van der Waals surface area contributed by atoms with Crippen LogP contribution in [0, 0.1) is 11.3 Å². The maximum atomic E-state index is 12.1.